The van der Waals surface area contributed by atoms with Crippen molar-refractivity contribution in [3.63, 3.8) is 0 Å². The van der Waals surface area contributed by atoms with E-state index in [0.717, 1.165) is 35.1 Å². The van der Waals surface area contributed by atoms with Gasteiger partial charge in [-0.15, -0.1) is 12.4 Å². The first-order valence-corrected chi connectivity index (χ1v) is 7.37. The number of fused-ring (bicyclic) bond motifs is 1. The van der Waals surface area contributed by atoms with Gasteiger partial charge in [0.1, 0.15) is 11.3 Å². The number of halogens is 1. The van der Waals surface area contributed by atoms with Gasteiger partial charge in [0, 0.05) is 22.6 Å². The molecule has 1 atom stereocenters. The molecule has 0 saturated carbocycles. The van der Waals surface area contributed by atoms with E-state index in [1.54, 1.807) is 6.92 Å². The molecule has 0 amide bonds. The maximum Gasteiger partial charge on any atom is 0.339 e. The molecule has 0 aliphatic heterocycles. The average Bonchev–Trinajstić information content (AvgIpc) is 2.47. The largest absolute Gasteiger partial charge is 0.493 e. The van der Waals surface area contributed by atoms with E-state index in [2.05, 4.69) is 6.92 Å². The van der Waals surface area contributed by atoms with Crippen LogP contribution in [0.2, 0.25) is 0 Å². The van der Waals surface area contributed by atoms with Gasteiger partial charge in [-0.05, 0) is 51.3 Å². The molecule has 0 aliphatic rings. The first kappa shape index (κ1) is 18.5. The molecule has 0 saturated heterocycles. The molecule has 0 aliphatic carbocycles. The van der Waals surface area contributed by atoms with Crippen molar-refractivity contribution in [3.8, 4) is 5.75 Å². The third-order valence-electron chi connectivity index (χ3n) is 4.09. The Morgan fingerprint density at radius 3 is 2.50 bits per heavy atom. The summed E-state index contributed by atoms with van der Waals surface area (Å²) >= 11 is 0. The Morgan fingerprint density at radius 1 is 1.18 bits per heavy atom. The molecule has 5 heteroatoms. The Balaban J connectivity index is 0.00000242. The van der Waals surface area contributed by atoms with Crippen molar-refractivity contribution in [2.24, 2.45) is 5.73 Å². The SMILES string of the molecule is CC[C@H](N)CCOc1ccc2c(C)c(C)c(=O)oc2c1C.Cl. The summed E-state index contributed by atoms with van der Waals surface area (Å²) in [5, 5.41) is 0.960. The van der Waals surface area contributed by atoms with Crippen LogP contribution >= 0.6 is 12.4 Å². The molecule has 22 heavy (non-hydrogen) atoms. The maximum atomic E-state index is 11.8. The minimum Gasteiger partial charge on any atom is -0.493 e. The molecule has 1 aromatic heterocycles. The highest BCUT2D eigenvalue weighted by atomic mass is 35.5. The second-order valence-corrected chi connectivity index (χ2v) is 5.51. The minimum atomic E-state index is -0.284. The molecular formula is C17H24ClNO3. The summed E-state index contributed by atoms with van der Waals surface area (Å²) in [5.41, 5.74) is 8.69. The van der Waals surface area contributed by atoms with Crippen LogP contribution in [0, 0.1) is 20.8 Å². The quantitative estimate of drug-likeness (QED) is 0.852. The summed E-state index contributed by atoms with van der Waals surface area (Å²) in [4.78, 5) is 11.8. The molecule has 1 heterocycles. The minimum absolute atomic E-state index is 0. The molecule has 0 fully saturated rings. The molecule has 2 N–H and O–H groups in total. The Morgan fingerprint density at radius 2 is 1.86 bits per heavy atom. The second-order valence-electron chi connectivity index (χ2n) is 5.51. The third-order valence-corrected chi connectivity index (χ3v) is 4.09. The van der Waals surface area contributed by atoms with Crippen LogP contribution in [0.15, 0.2) is 21.3 Å². The lowest BCUT2D eigenvalue weighted by molar-refractivity contribution is 0.294. The molecule has 122 valence electrons. The normalized spacial score (nSPS) is 12.0. The lowest BCUT2D eigenvalue weighted by atomic mass is 10.0. The van der Waals surface area contributed by atoms with Crippen molar-refractivity contribution in [3.05, 3.63) is 39.2 Å². The average molecular weight is 326 g/mol. The maximum absolute atomic E-state index is 11.8. The van der Waals surface area contributed by atoms with Crippen molar-refractivity contribution >= 4 is 23.4 Å². The monoisotopic (exact) mass is 325 g/mol. The van der Waals surface area contributed by atoms with Gasteiger partial charge in [-0.3, -0.25) is 0 Å². The lowest BCUT2D eigenvalue weighted by Gasteiger charge is -2.14. The second kappa shape index (κ2) is 7.65. The zero-order valence-electron chi connectivity index (χ0n) is 13.6. The topological polar surface area (TPSA) is 65.5 Å². The summed E-state index contributed by atoms with van der Waals surface area (Å²) in [6.07, 6.45) is 1.75. The van der Waals surface area contributed by atoms with E-state index in [9.17, 15) is 4.79 Å². The summed E-state index contributed by atoms with van der Waals surface area (Å²) in [5.74, 6) is 0.747. The molecule has 2 rings (SSSR count). The molecular weight excluding hydrogens is 302 g/mol. The highest BCUT2D eigenvalue weighted by molar-refractivity contribution is 5.85. The first-order valence-electron chi connectivity index (χ1n) is 7.37. The Bertz CT molecular complexity index is 709. The van der Waals surface area contributed by atoms with Crippen LogP contribution in [-0.4, -0.2) is 12.6 Å². The fourth-order valence-corrected chi connectivity index (χ4v) is 2.31. The van der Waals surface area contributed by atoms with E-state index in [1.807, 2.05) is 26.0 Å². The zero-order chi connectivity index (χ0) is 15.6. The number of nitrogens with two attached hydrogens (primary N) is 1. The van der Waals surface area contributed by atoms with Crippen molar-refractivity contribution in [1.29, 1.82) is 0 Å². The number of hydrogen-bond acceptors (Lipinski definition) is 4. The van der Waals surface area contributed by atoms with Gasteiger partial charge in [-0.25, -0.2) is 4.79 Å². The number of rotatable bonds is 5. The van der Waals surface area contributed by atoms with E-state index >= 15 is 0 Å². The van der Waals surface area contributed by atoms with Gasteiger partial charge in [-0.2, -0.15) is 0 Å². The lowest BCUT2D eigenvalue weighted by Crippen LogP contribution is -2.21. The fourth-order valence-electron chi connectivity index (χ4n) is 2.31. The Kier molecular flexibility index (Phi) is 6.45. The van der Waals surface area contributed by atoms with E-state index in [-0.39, 0.29) is 24.1 Å². The first-order chi connectivity index (χ1) is 9.95. The van der Waals surface area contributed by atoms with Crippen LogP contribution < -0.4 is 16.1 Å². The molecule has 0 spiro atoms. The molecule has 2 aromatic rings. The smallest absolute Gasteiger partial charge is 0.339 e. The van der Waals surface area contributed by atoms with E-state index in [1.165, 1.54) is 0 Å². The molecule has 4 nitrogen and oxygen atoms in total. The molecule has 0 radical (unpaired) electrons. The molecule has 0 unspecified atom stereocenters. The van der Waals surface area contributed by atoms with Gasteiger partial charge in [0.2, 0.25) is 0 Å². The number of ether oxygens (including phenoxy) is 1. The van der Waals surface area contributed by atoms with E-state index < -0.39 is 0 Å². The predicted molar refractivity (Wildman–Crippen MR) is 92.3 cm³/mol. The van der Waals surface area contributed by atoms with Crippen LogP contribution in [0.1, 0.15) is 36.5 Å². The van der Waals surface area contributed by atoms with Gasteiger partial charge >= 0.3 is 5.63 Å². The highest BCUT2D eigenvalue weighted by Crippen LogP contribution is 2.29. The van der Waals surface area contributed by atoms with Crippen LogP contribution in [0.25, 0.3) is 11.0 Å². The van der Waals surface area contributed by atoms with Gasteiger partial charge in [-0.1, -0.05) is 6.92 Å². The summed E-state index contributed by atoms with van der Waals surface area (Å²) < 4.78 is 11.2. The van der Waals surface area contributed by atoms with Gasteiger partial charge in [0.15, 0.2) is 0 Å². The predicted octanol–water partition coefficient (Wildman–Crippen LogP) is 3.65. The summed E-state index contributed by atoms with van der Waals surface area (Å²) in [7, 11) is 0. The molecule has 1 aromatic carbocycles. The number of aryl methyl sites for hydroxylation is 2. The van der Waals surface area contributed by atoms with Crippen molar-refractivity contribution in [2.75, 3.05) is 6.61 Å². The third kappa shape index (κ3) is 3.62. The van der Waals surface area contributed by atoms with Crippen LogP contribution in [0.4, 0.5) is 0 Å². The van der Waals surface area contributed by atoms with Crippen molar-refractivity contribution in [2.45, 2.75) is 46.6 Å². The number of benzene rings is 1. The molecule has 0 bridgehead atoms. The fraction of sp³-hybridized carbons (Fsp3) is 0.471. The van der Waals surface area contributed by atoms with E-state index in [0.29, 0.717) is 17.8 Å². The summed E-state index contributed by atoms with van der Waals surface area (Å²) in [6.45, 7) is 8.26. The van der Waals surface area contributed by atoms with Crippen LogP contribution in [0.3, 0.4) is 0 Å². The van der Waals surface area contributed by atoms with Crippen molar-refractivity contribution < 1.29 is 9.15 Å². The van der Waals surface area contributed by atoms with Crippen LogP contribution in [0.5, 0.6) is 5.75 Å². The van der Waals surface area contributed by atoms with Crippen molar-refractivity contribution in [1.82, 2.24) is 0 Å². The number of hydrogen-bond donors (Lipinski definition) is 1. The van der Waals surface area contributed by atoms with Gasteiger partial charge in [0.25, 0.3) is 0 Å². The Hall–Kier alpha value is -1.52. The van der Waals surface area contributed by atoms with Gasteiger partial charge < -0.3 is 14.9 Å². The highest BCUT2D eigenvalue weighted by Gasteiger charge is 2.13. The summed E-state index contributed by atoms with van der Waals surface area (Å²) in [6, 6.07) is 4.04. The Labute approximate surface area is 137 Å². The van der Waals surface area contributed by atoms with E-state index in [4.69, 9.17) is 14.9 Å². The standard InChI is InChI=1S/C17H23NO3.ClH/c1-5-13(18)8-9-20-15-7-6-14-10(2)11(3)17(19)21-16(14)12(15)4;/h6-7,13H,5,8-9,18H2,1-4H3;1H/t13-;/m0./s1. The van der Waals surface area contributed by atoms with Crippen LogP contribution in [-0.2, 0) is 0 Å². The van der Waals surface area contributed by atoms with Gasteiger partial charge in [0.05, 0.1) is 6.61 Å². The zero-order valence-corrected chi connectivity index (χ0v) is 14.4.